The molecule has 1 aliphatic rings. The van der Waals surface area contributed by atoms with Gasteiger partial charge in [0.05, 0.1) is 12.7 Å². The summed E-state index contributed by atoms with van der Waals surface area (Å²) in [6.45, 7) is 6.44. The van der Waals surface area contributed by atoms with Crippen LogP contribution in [0.15, 0.2) is 0 Å². The molecular formula is C17H35NO2. The Hall–Kier alpha value is -0.120. The van der Waals surface area contributed by atoms with Crippen LogP contribution in [0, 0.1) is 5.92 Å². The molecule has 1 aliphatic carbocycles. The molecule has 0 aliphatic heterocycles. The normalized spacial score (nSPS) is 24.8. The summed E-state index contributed by atoms with van der Waals surface area (Å²) >= 11 is 0. The van der Waals surface area contributed by atoms with Crippen LogP contribution >= 0.6 is 0 Å². The standard InChI is InChI=1S/C17H35NO2/c1-3-5-6-7-11-20-14-17(19)13-18-16-10-8-9-15(4-2)12-16/h15-19H,3-14H2,1-2H3. The largest absolute Gasteiger partial charge is 0.389 e. The van der Waals surface area contributed by atoms with Crippen molar-refractivity contribution < 1.29 is 9.84 Å². The maximum atomic E-state index is 9.92. The van der Waals surface area contributed by atoms with E-state index in [1.807, 2.05) is 0 Å². The molecule has 0 aromatic heterocycles. The Bertz CT molecular complexity index is 223. The van der Waals surface area contributed by atoms with Crippen molar-refractivity contribution >= 4 is 0 Å². The zero-order valence-electron chi connectivity index (χ0n) is 13.6. The lowest BCUT2D eigenvalue weighted by Crippen LogP contribution is -2.40. The number of hydrogen-bond donors (Lipinski definition) is 2. The molecule has 3 heteroatoms. The van der Waals surface area contributed by atoms with Gasteiger partial charge in [0.2, 0.25) is 0 Å². The van der Waals surface area contributed by atoms with Crippen LogP contribution in [-0.2, 0) is 4.74 Å². The molecule has 0 spiro atoms. The number of unbranched alkanes of at least 4 members (excludes halogenated alkanes) is 3. The Morgan fingerprint density at radius 1 is 1.20 bits per heavy atom. The highest BCUT2D eigenvalue weighted by molar-refractivity contribution is 4.78. The summed E-state index contributed by atoms with van der Waals surface area (Å²) in [6.07, 6.45) is 11.1. The first kappa shape index (κ1) is 17.9. The van der Waals surface area contributed by atoms with Crippen molar-refractivity contribution in [2.24, 2.45) is 5.92 Å². The van der Waals surface area contributed by atoms with Crippen LogP contribution in [0.1, 0.15) is 71.6 Å². The van der Waals surface area contributed by atoms with Crippen LogP contribution in [0.3, 0.4) is 0 Å². The van der Waals surface area contributed by atoms with Gasteiger partial charge in [0.1, 0.15) is 0 Å². The zero-order chi connectivity index (χ0) is 14.6. The minimum absolute atomic E-state index is 0.358. The minimum atomic E-state index is -0.358. The molecule has 2 N–H and O–H groups in total. The van der Waals surface area contributed by atoms with Crippen LogP contribution < -0.4 is 5.32 Å². The molecule has 120 valence electrons. The van der Waals surface area contributed by atoms with Crippen molar-refractivity contribution in [1.29, 1.82) is 0 Å². The van der Waals surface area contributed by atoms with Crippen LogP contribution in [0.4, 0.5) is 0 Å². The molecule has 0 aromatic carbocycles. The maximum Gasteiger partial charge on any atom is 0.0897 e. The molecule has 0 heterocycles. The van der Waals surface area contributed by atoms with Gasteiger partial charge in [0.15, 0.2) is 0 Å². The summed E-state index contributed by atoms with van der Waals surface area (Å²) in [5, 5.41) is 13.4. The molecule has 20 heavy (non-hydrogen) atoms. The Kier molecular flexibility index (Phi) is 10.3. The number of ether oxygens (including phenoxy) is 1. The van der Waals surface area contributed by atoms with Gasteiger partial charge in [-0.2, -0.15) is 0 Å². The first-order chi connectivity index (χ1) is 9.76. The molecule has 1 rings (SSSR count). The first-order valence-corrected chi connectivity index (χ1v) is 8.75. The smallest absolute Gasteiger partial charge is 0.0897 e. The van der Waals surface area contributed by atoms with Gasteiger partial charge in [-0.05, 0) is 25.2 Å². The van der Waals surface area contributed by atoms with Crippen molar-refractivity contribution in [2.45, 2.75) is 83.8 Å². The fourth-order valence-electron chi connectivity index (χ4n) is 3.06. The molecule has 3 atom stereocenters. The van der Waals surface area contributed by atoms with E-state index in [0.717, 1.165) is 18.9 Å². The number of aliphatic hydroxyl groups excluding tert-OH is 1. The van der Waals surface area contributed by atoms with Crippen LogP contribution in [0.5, 0.6) is 0 Å². The Morgan fingerprint density at radius 3 is 2.80 bits per heavy atom. The summed E-state index contributed by atoms with van der Waals surface area (Å²) < 4.78 is 5.53. The van der Waals surface area contributed by atoms with Crippen LogP contribution in [-0.4, -0.2) is 37.0 Å². The van der Waals surface area contributed by atoms with E-state index in [2.05, 4.69) is 19.2 Å². The van der Waals surface area contributed by atoms with Crippen molar-refractivity contribution in [3.05, 3.63) is 0 Å². The highest BCUT2D eigenvalue weighted by atomic mass is 16.5. The molecule has 3 nitrogen and oxygen atoms in total. The monoisotopic (exact) mass is 285 g/mol. The third kappa shape index (κ3) is 8.23. The molecule has 0 amide bonds. The van der Waals surface area contributed by atoms with E-state index in [1.165, 1.54) is 51.4 Å². The quantitative estimate of drug-likeness (QED) is 0.571. The molecular weight excluding hydrogens is 250 g/mol. The summed E-state index contributed by atoms with van der Waals surface area (Å²) in [6, 6.07) is 0.605. The maximum absolute atomic E-state index is 9.92. The summed E-state index contributed by atoms with van der Waals surface area (Å²) in [5.41, 5.74) is 0. The van der Waals surface area contributed by atoms with Gasteiger partial charge in [0, 0.05) is 19.2 Å². The van der Waals surface area contributed by atoms with E-state index in [9.17, 15) is 5.11 Å². The van der Waals surface area contributed by atoms with E-state index >= 15 is 0 Å². The van der Waals surface area contributed by atoms with Gasteiger partial charge in [-0.25, -0.2) is 0 Å². The highest BCUT2D eigenvalue weighted by Gasteiger charge is 2.20. The third-order valence-corrected chi connectivity index (χ3v) is 4.45. The lowest BCUT2D eigenvalue weighted by Gasteiger charge is -2.29. The summed E-state index contributed by atoms with van der Waals surface area (Å²) in [7, 11) is 0. The van der Waals surface area contributed by atoms with E-state index in [0.29, 0.717) is 19.2 Å². The average Bonchev–Trinajstić information content (AvgIpc) is 2.49. The number of aliphatic hydroxyl groups is 1. The van der Waals surface area contributed by atoms with Crippen LogP contribution in [0.25, 0.3) is 0 Å². The predicted octanol–water partition coefficient (Wildman–Crippen LogP) is 3.50. The minimum Gasteiger partial charge on any atom is -0.389 e. The first-order valence-electron chi connectivity index (χ1n) is 8.75. The lowest BCUT2D eigenvalue weighted by atomic mass is 9.84. The molecule has 0 saturated heterocycles. The second-order valence-electron chi connectivity index (χ2n) is 6.34. The zero-order valence-corrected chi connectivity index (χ0v) is 13.6. The van der Waals surface area contributed by atoms with Gasteiger partial charge in [0.25, 0.3) is 0 Å². The van der Waals surface area contributed by atoms with E-state index in [1.54, 1.807) is 0 Å². The van der Waals surface area contributed by atoms with E-state index in [-0.39, 0.29) is 6.10 Å². The van der Waals surface area contributed by atoms with Gasteiger partial charge >= 0.3 is 0 Å². The Balaban J connectivity index is 1.97. The molecule has 0 bridgehead atoms. The predicted molar refractivity (Wildman–Crippen MR) is 85.0 cm³/mol. The second-order valence-corrected chi connectivity index (χ2v) is 6.34. The van der Waals surface area contributed by atoms with Crippen molar-refractivity contribution in [3.63, 3.8) is 0 Å². The van der Waals surface area contributed by atoms with Crippen LogP contribution in [0.2, 0.25) is 0 Å². The van der Waals surface area contributed by atoms with Gasteiger partial charge < -0.3 is 15.2 Å². The molecule has 0 aromatic rings. The Morgan fingerprint density at radius 2 is 2.05 bits per heavy atom. The molecule has 0 radical (unpaired) electrons. The number of hydrogen-bond acceptors (Lipinski definition) is 3. The van der Waals surface area contributed by atoms with Gasteiger partial charge in [-0.15, -0.1) is 0 Å². The van der Waals surface area contributed by atoms with Gasteiger partial charge in [-0.3, -0.25) is 0 Å². The fourth-order valence-corrected chi connectivity index (χ4v) is 3.06. The van der Waals surface area contributed by atoms with E-state index < -0.39 is 0 Å². The SMILES string of the molecule is CCCCCCOCC(O)CNC1CCCC(CC)C1. The lowest BCUT2D eigenvalue weighted by molar-refractivity contribution is 0.0330. The molecule has 1 fully saturated rings. The molecule has 3 unspecified atom stereocenters. The number of rotatable bonds is 11. The highest BCUT2D eigenvalue weighted by Crippen LogP contribution is 2.26. The topological polar surface area (TPSA) is 41.5 Å². The number of nitrogens with one attached hydrogen (secondary N) is 1. The van der Waals surface area contributed by atoms with Gasteiger partial charge in [-0.1, -0.05) is 52.4 Å². The van der Waals surface area contributed by atoms with Crippen molar-refractivity contribution in [2.75, 3.05) is 19.8 Å². The summed E-state index contributed by atoms with van der Waals surface area (Å²) in [5.74, 6) is 0.883. The average molecular weight is 285 g/mol. The van der Waals surface area contributed by atoms with E-state index in [4.69, 9.17) is 4.74 Å². The Labute approximate surface area is 125 Å². The summed E-state index contributed by atoms with van der Waals surface area (Å²) in [4.78, 5) is 0. The molecule has 1 saturated carbocycles. The fraction of sp³-hybridized carbons (Fsp3) is 1.00. The second kappa shape index (κ2) is 11.5. The van der Waals surface area contributed by atoms with Crippen molar-refractivity contribution in [1.82, 2.24) is 5.32 Å². The third-order valence-electron chi connectivity index (χ3n) is 4.45. The van der Waals surface area contributed by atoms with Crippen molar-refractivity contribution in [3.8, 4) is 0 Å².